The number of aliphatic hydroxyl groups is 1. The van der Waals surface area contributed by atoms with E-state index in [9.17, 15) is 31.4 Å². The van der Waals surface area contributed by atoms with Crippen LogP contribution in [0.15, 0.2) is 36.7 Å². The first-order valence-electron chi connectivity index (χ1n) is 11.1. The number of thiazole rings is 1. The van der Waals surface area contributed by atoms with Gasteiger partial charge in [0.15, 0.2) is 0 Å². The lowest BCUT2D eigenvalue weighted by molar-refractivity contribution is -0.146. The molecule has 1 aliphatic rings. The molecule has 0 radical (unpaired) electrons. The molecular weight excluding hydrogens is 508 g/mol. The van der Waals surface area contributed by atoms with E-state index in [-0.39, 0.29) is 25.5 Å². The predicted octanol–water partition coefficient (Wildman–Crippen LogP) is 5.91. The number of likely N-dealkylation sites (tertiary alicyclic amines) is 1. The van der Waals surface area contributed by atoms with E-state index >= 15 is 0 Å². The second kappa shape index (κ2) is 9.94. The Morgan fingerprint density at radius 2 is 1.86 bits per heavy atom. The maximum Gasteiger partial charge on any atom is 0.433 e. The Morgan fingerprint density at radius 1 is 1.08 bits per heavy atom. The van der Waals surface area contributed by atoms with Crippen molar-refractivity contribution in [1.29, 1.82) is 0 Å². The molecule has 2 N–H and O–H groups in total. The van der Waals surface area contributed by atoms with E-state index in [1.54, 1.807) is 18.3 Å². The molecule has 0 unspecified atom stereocenters. The first kappa shape index (κ1) is 26.3. The van der Waals surface area contributed by atoms with Crippen LogP contribution in [0.2, 0.25) is 0 Å². The Labute approximate surface area is 207 Å². The van der Waals surface area contributed by atoms with Gasteiger partial charge >= 0.3 is 12.4 Å². The summed E-state index contributed by atoms with van der Waals surface area (Å²) in [6.45, 7) is 1.14. The summed E-state index contributed by atoms with van der Waals surface area (Å²) in [5.74, 6) is -0.206. The van der Waals surface area contributed by atoms with Gasteiger partial charge in [-0.3, -0.25) is 4.90 Å². The lowest BCUT2D eigenvalue weighted by Crippen LogP contribution is -2.36. The number of aromatic nitrogens is 3. The summed E-state index contributed by atoms with van der Waals surface area (Å²) >= 11 is 1.23. The van der Waals surface area contributed by atoms with Crippen LogP contribution in [-0.4, -0.2) is 50.8 Å². The molecule has 0 saturated carbocycles. The van der Waals surface area contributed by atoms with Gasteiger partial charge in [-0.25, -0.2) is 15.0 Å². The molecule has 2 aromatic heterocycles. The number of hydrogen-bond donors (Lipinski definition) is 2. The standard InChI is InChI=1S/C23H23F6N5OS/c1-14-9-15(11-16(10-14)32-20-30-6-3-18(33-20)23(27,28)29)17-12-31-19(36-17)21(35)4-2-7-34(8-5-21)13-22(24,25)26/h3,6,9-12,35H,2,4-5,7-8,13H2,1H3,(H,30,32,33)/t21-/m1/s1. The first-order valence-corrected chi connectivity index (χ1v) is 11.9. The number of benzene rings is 1. The molecule has 1 atom stereocenters. The Balaban J connectivity index is 1.53. The number of alkyl halides is 6. The number of nitrogens with zero attached hydrogens (tertiary/aromatic N) is 4. The molecule has 3 aromatic rings. The highest BCUT2D eigenvalue weighted by Crippen LogP contribution is 2.39. The second-order valence-corrected chi connectivity index (χ2v) is 9.81. The number of rotatable bonds is 5. The molecule has 1 saturated heterocycles. The van der Waals surface area contributed by atoms with Crippen LogP contribution in [0.5, 0.6) is 0 Å². The number of hydrogen-bond acceptors (Lipinski definition) is 7. The van der Waals surface area contributed by atoms with Gasteiger partial charge in [-0.05, 0) is 62.1 Å². The topological polar surface area (TPSA) is 74.2 Å². The van der Waals surface area contributed by atoms with E-state index in [0.29, 0.717) is 34.0 Å². The van der Waals surface area contributed by atoms with Gasteiger partial charge in [-0.1, -0.05) is 6.07 Å². The fraction of sp³-hybridized carbons (Fsp3) is 0.435. The molecule has 0 aliphatic carbocycles. The second-order valence-electron chi connectivity index (χ2n) is 8.78. The van der Waals surface area contributed by atoms with Gasteiger partial charge in [0.1, 0.15) is 16.3 Å². The number of nitrogens with one attached hydrogen (secondary N) is 1. The van der Waals surface area contributed by atoms with Gasteiger partial charge < -0.3 is 10.4 Å². The minimum absolute atomic E-state index is 0.0976. The maximum atomic E-state index is 13.0. The van der Waals surface area contributed by atoms with E-state index in [1.807, 2.05) is 13.0 Å². The third-order valence-electron chi connectivity index (χ3n) is 5.78. The summed E-state index contributed by atoms with van der Waals surface area (Å²) in [5, 5.41) is 14.4. The van der Waals surface area contributed by atoms with Crippen LogP contribution in [0.3, 0.4) is 0 Å². The Kier molecular flexibility index (Phi) is 7.26. The van der Waals surface area contributed by atoms with E-state index in [4.69, 9.17) is 0 Å². The van der Waals surface area contributed by atoms with Crippen molar-refractivity contribution in [1.82, 2.24) is 19.9 Å². The van der Waals surface area contributed by atoms with Crippen LogP contribution in [0.25, 0.3) is 10.4 Å². The Hall–Kier alpha value is -2.77. The van der Waals surface area contributed by atoms with Gasteiger partial charge in [-0.2, -0.15) is 26.3 Å². The average molecular weight is 532 g/mol. The van der Waals surface area contributed by atoms with Gasteiger partial charge in [0.2, 0.25) is 5.95 Å². The first-order chi connectivity index (χ1) is 16.8. The highest BCUT2D eigenvalue weighted by Gasteiger charge is 2.38. The summed E-state index contributed by atoms with van der Waals surface area (Å²) in [4.78, 5) is 13.7. The van der Waals surface area contributed by atoms with Crippen LogP contribution >= 0.6 is 11.3 Å². The SMILES string of the molecule is Cc1cc(Nc2nccc(C(F)(F)F)n2)cc(-c2cnc([C@@]3(O)CCCN(CC(F)(F)F)CC3)s2)c1. The van der Waals surface area contributed by atoms with E-state index in [2.05, 4.69) is 20.3 Å². The molecule has 1 fully saturated rings. The van der Waals surface area contributed by atoms with Crippen molar-refractivity contribution in [2.45, 2.75) is 44.1 Å². The summed E-state index contributed by atoms with van der Waals surface area (Å²) in [5.41, 5.74) is -0.405. The lowest BCUT2D eigenvalue weighted by Gasteiger charge is -2.25. The number of halogens is 6. The fourth-order valence-electron chi connectivity index (χ4n) is 4.13. The summed E-state index contributed by atoms with van der Waals surface area (Å²) in [6, 6.07) is 6.07. The zero-order valence-electron chi connectivity index (χ0n) is 19.1. The van der Waals surface area contributed by atoms with Crippen molar-refractivity contribution in [3.05, 3.63) is 52.9 Å². The van der Waals surface area contributed by atoms with Gasteiger partial charge in [0.05, 0.1) is 11.4 Å². The van der Waals surface area contributed by atoms with Crippen molar-refractivity contribution in [3.63, 3.8) is 0 Å². The lowest BCUT2D eigenvalue weighted by atomic mass is 9.96. The largest absolute Gasteiger partial charge is 0.433 e. The monoisotopic (exact) mass is 531 g/mol. The van der Waals surface area contributed by atoms with Crippen molar-refractivity contribution >= 4 is 23.0 Å². The third-order valence-corrected chi connectivity index (χ3v) is 7.02. The highest BCUT2D eigenvalue weighted by atomic mass is 32.1. The molecule has 1 aliphatic heterocycles. The smallest absolute Gasteiger partial charge is 0.383 e. The normalized spacial score (nSPS) is 19.8. The molecule has 36 heavy (non-hydrogen) atoms. The molecule has 6 nitrogen and oxygen atoms in total. The maximum absolute atomic E-state index is 13.0. The van der Waals surface area contributed by atoms with Crippen LogP contribution in [0.4, 0.5) is 38.0 Å². The van der Waals surface area contributed by atoms with E-state index in [1.165, 1.54) is 16.2 Å². The molecule has 0 bridgehead atoms. The molecular formula is C23H23F6N5OS. The highest BCUT2D eigenvalue weighted by molar-refractivity contribution is 7.15. The van der Waals surface area contributed by atoms with E-state index < -0.39 is 30.2 Å². The van der Waals surface area contributed by atoms with Crippen molar-refractivity contribution < 1.29 is 31.4 Å². The minimum Gasteiger partial charge on any atom is -0.383 e. The van der Waals surface area contributed by atoms with Crippen LogP contribution in [-0.2, 0) is 11.8 Å². The minimum atomic E-state index is -4.60. The van der Waals surface area contributed by atoms with Gasteiger partial charge in [0.25, 0.3) is 0 Å². The zero-order chi connectivity index (χ0) is 26.1. The summed E-state index contributed by atoms with van der Waals surface area (Å²) in [6.07, 6.45) is -5.48. The summed E-state index contributed by atoms with van der Waals surface area (Å²) < 4.78 is 77.2. The quantitative estimate of drug-likeness (QED) is 0.399. The Morgan fingerprint density at radius 3 is 2.58 bits per heavy atom. The zero-order valence-corrected chi connectivity index (χ0v) is 19.9. The van der Waals surface area contributed by atoms with Gasteiger partial charge in [0, 0.05) is 24.6 Å². The van der Waals surface area contributed by atoms with Crippen LogP contribution in [0.1, 0.15) is 35.5 Å². The summed E-state index contributed by atoms with van der Waals surface area (Å²) in [7, 11) is 0. The van der Waals surface area contributed by atoms with Crippen LogP contribution in [0, 0.1) is 6.92 Å². The van der Waals surface area contributed by atoms with Crippen molar-refractivity contribution in [2.24, 2.45) is 0 Å². The molecule has 194 valence electrons. The number of anilines is 2. The van der Waals surface area contributed by atoms with E-state index in [0.717, 1.165) is 17.8 Å². The van der Waals surface area contributed by atoms with Crippen LogP contribution < -0.4 is 5.32 Å². The predicted molar refractivity (Wildman–Crippen MR) is 123 cm³/mol. The van der Waals surface area contributed by atoms with Crippen molar-refractivity contribution in [2.75, 3.05) is 25.0 Å². The third kappa shape index (κ3) is 6.51. The average Bonchev–Trinajstić information content (AvgIpc) is 3.20. The Bertz CT molecular complexity index is 1210. The molecule has 4 rings (SSSR count). The molecule has 3 heterocycles. The fourth-order valence-corrected chi connectivity index (χ4v) is 5.18. The molecule has 0 spiro atoms. The van der Waals surface area contributed by atoms with Crippen molar-refractivity contribution in [3.8, 4) is 10.4 Å². The molecule has 13 heteroatoms. The van der Waals surface area contributed by atoms with Gasteiger partial charge in [-0.15, -0.1) is 11.3 Å². The molecule has 1 aromatic carbocycles. The molecule has 0 amide bonds. The number of aryl methyl sites for hydroxylation is 1.